The SMILES string of the molecule is NS(=O)(=O)c1ccc(CCNC2=CC(=O)CC2)cc1. The molecule has 0 fully saturated rings. The Morgan fingerprint density at radius 2 is 1.84 bits per heavy atom. The van der Waals surface area contributed by atoms with E-state index in [1.54, 1.807) is 18.2 Å². The number of allylic oxidation sites excluding steroid dienone is 2. The average molecular weight is 280 g/mol. The summed E-state index contributed by atoms with van der Waals surface area (Å²) in [5.41, 5.74) is 2.00. The number of carbonyl (C=O) groups excluding carboxylic acids is 1. The Balaban J connectivity index is 1.87. The minimum atomic E-state index is -3.62. The number of carbonyl (C=O) groups is 1. The summed E-state index contributed by atoms with van der Waals surface area (Å²) in [7, 11) is -3.62. The molecule has 3 N–H and O–H groups in total. The molecule has 0 spiro atoms. The maximum Gasteiger partial charge on any atom is 0.238 e. The maximum absolute atomic E-state index is 11.1. The van der Waals surface area contributed by atoms with Gasteiger partial charge in [-0.15, -0.1) is 0 Å². The van der Waals surface area contributed by atoms with E-state index in [-0.39, 0.29) is 10.7 Å². The van der Waals surface area contributed by atoms with Crippen molar-refractivity contribution in [1.29, 1.82) is 0 Å². The van der Waals surface area contributed by atoms with E-state index in [2.05, 4.69) is 5.32 Å². The van der Waals surface area contributed by atoms with Crippen molar-refractivity contribution >= 4 is 15.8 Å². The zero-order valence-corrected chi connectivity index (χ0v) is 11.2. The van der Waals surface area contributed by atoms with Crippen LogP contribution in [-0.2, 0) is 21.2 Å². The minimum Gasteiger partial charge on any atom is -0.388 e. The van der Waals surface area contributed by atoms with E-state index < -0.39 is 10.0 Å². The fourth-order valence-corrected chi connectivity index (χ4v) is 2.46. The first kappa shape index (κ1) is 13.8. The quantitative estimate of drug-likeness (QED) is 0.831. The van der Waals surface area contributed by atoms with Crippen LogP contribution in [0.15, 0.2) is 40.9 Å². The fourth-order valence-electron chi connectivity index (χ4n) is 1.95. The molecule has 19 heavy (non-hydrogen) atoms. The van der Waals surface area contributed by atoms with Crippen molar-refractivity contribution in [1.82, 2.24) is 5.32 Å². The van der Waals surface area contributed by atoms with Crippen LogP contribution in [0.4, 0.5) is 0 Å². The van der Waals surface area contributed by atoms with Crippen LogP contribution in [0.3, 0.4) is 0 Å². The van der Waals surface area contributed by atoms with Gasteiger partial charge in [0.1, 0.15) is 0 Å². The number of benzene rings is 1. The Bertz CT molecular complexity index is 603. The van der Waals surface area contributed by atoms with E-state index >= 15 is 0 Å². The summed E-state index contributed by atoms with van der Waals surface area (Å²) in [5.74, 6) is 0.167. The van der Waals surface area contributed by atoms with Crippen molar-refractivity contribution in [3.05, 3.63) is 41.6 Å². The van der Waals surface area contributed by atoms with Crippen molar-refractivity contribution in [2.24, 2.45) is 5.14 Å². The molecule has 0 amide bonds. The van der Waals surface area contributed by atoms with Gasteiger partial charge in [-0.1, -0.05) is 12.1 Å². The van der Waals surface area contributed by atoms with Crippen LogP contribution in [0.1, 0.15) is 18.4 Å². The third-order valence-electron chi connectivity index (χ3n) is 2.99. The van der Waals surface area contributed by atoms with E-state index in [1.807, 2.05) is 0 Å². The third-order valence-corrected chi connectivity index (χ3v) is 3.92. The molecular formula is C13H16N2O3S. The van der Waals surface area contributed by atoms with E-state index in [0.29, 0.717) is 13.0 Å². The molecule has 0 atom stereocenters. The highest BCUT2D eigenvalue weighted by atomic mass is 32.2. The van der Waals surface area contributed by atoms with Gasteiger partial charge in [-0.2, -0.15) is 0 Å². The summed E-state index contributed by atoms with van der Waals surface area (Å²) in [4.78, 5) is 11.2. The van der Waals surface area contributed by atoms with Gasteiger partial charge in [-0.05, 0) is 30.5 Å². The topological polar surface area (TPSA) is 89.3 Å². The normalized spacial score (nSPS) is 15.4. The number of primary sulfonamides is 1. The first-order chi connectivity index (χ1) is 8.95. The Hall–Kier alpha value is -1.66. The molecule has 0 saturated heterocycles. The van der Waals surface area contributed by atoms with E-state index in [4.69, 9.17) is 5.14 Å². The summed E-state index contributed by atoms with van der Waals surface area (Å²) in [6.45, 7) is 0.716. The van der Waals surface area contributed by atoms with Gasteiger partial charge in [0, 0.05) is 24.7 Å². The van der Waals surface area contributed by atoms with Gasteiger partial charge in [0.05, 0.1) is 4.90 Å². The molecule has 5 nitrogen and oxygen atoms in total. The lowest BCUT2D eigenvalue weighted by atomic mass is 10.1. The van der Waals surface area contributed by atoms with Crippen molar-refractivity contribution in [2.75, 3.05) is 6.54 Å². The van der Waals surface area contributed by atoms with Crippen molar-refractivity contribution in [2.45, 2.75) is 24.2 Å². The molecule has 1 aromatic rings. The molecule has 0 aromatic heterocycles. The van der Waals surface area contributed by atoms with Crippen molar-refractivity contribution in [3.8, 4) is 0 Å². The van der Waals surface area contributed by atoms with Crippen molar-refractivity contribution < 1.29 is 13.2 Å². The molecular weight excluding hydrogens is 264 g/mol. The highest BCUT2D eigenvalue weighted by Crippen LogP contribution is 2.12. The van der Waals surface area contributed by atoms with Gasteiger partial charge >= 0.3 is 0 Å². The number of hydrogen-bond acceptors (Lipinski definition) is 4. The van der Waals surface area contributed by atoms with E-state index in [9.17, 15) is 13.2 Å². The van der Waals surface area contributed by atoms with Gasteiger partial charge in [-0.25, -0.2) is 13.6 Å². The second kappa shape index (κ2) is 5.54. The van der Waals surface area contributed by atoms with Crippen LogP contribution in [0.2, 0.25) is 0 Å². The lowest BCUT2D eigenvalue weighted by Crippen LogP contribution is -2.15. The van der Waals surface area contributed by atoms with Gasteiger partial charge < -0.3 is 5.32 Å². The van der Waals surface area contributed by atoms with E-state index in [0.717, 1.165) is 24.1 Å². The van der Waals surface area contributed by atoms with Gasteiger partial charge in [-0.3, -0.25) is 4.79 Å². The van der Waals surface area contributed by atoms with Crippen LogP contribution in [0.25, 0.3) is 0 Å². The van der Waals surface area contributed by atoms with Gasteiger partial charge in [0.15, 0.2) is 5.78 Å². The average Bonchev–Trinajstić information content (AvgIpc) is 2.75. The Labute approximate surface area is 112 Å². The molecule has 0 heterocycles. The first-order valence-corrected chi connectivity index (χ1v) is 7.59. The fraction of sp³-hybridized carbons (Fsp3) is 0.308. The highest BCUT2D eigenvalue weighted by Gasteiger charge is 2.11. The second-order valence-electron chi connectivity index (χ2n) is 4.50. The van der Waals surface area contributed by atoms with Gasteiger partial charge in [0.2, 0.25) is 10.0 Å². The zero-order chi connectivity index (χ0) is 13.9. The van der Waals surface area contributed by atoms with Crippen LogP contribution in [0, 0.1) is 0 Å². The summed E-state index contributed by atoms with van der Waals surface area (Å²) >= 11 is 0. The molecule has 0 bridgehead atoms. The monoisotopic (exact) mass is 280 g/mol. The molecule has 6 heteroatoms. The van der Waals surface area contributed by atoms with Crippen LogP contribution in [-0.4, -0.2) is 20.7 Å². The number of sulfonamides is 1. The second-order valence-corrected chi connectivity index (χ2v) is 6.06. The largest absolute Gasteiger partial charge is 0.388 e. The maximum atomic E-state index is 11.1. The summed E-state index contributed by atoms with van der Waals surface area (Å²) in [5, 5.41) is 8.23. The molecule has 0 saturated carbocycles. The third kappa shape index (κ3) is 3.90. The summed E-state index contributed by atoms with van der Waals surface area (Å²) < 4.78 is 22.2. The standard InChI is InChI=1S/C13H16N2O3S/c14-19(17,18)13-5-1-10(2-6-13)7-8-15-11-3-4-12(16)9-11/h1-2,5-6,9,15H,3-4,7-8H2,(H2,14,17,18). The van der Waals surface area contributed by atoms with Gasteiger partial charge in [0.25, 0.3) is 0 Å². The molecule has 102 valence electrons. The molecule has 0 aliphatic heterocycles. The number of rotatable bonds is 5. The molecule has 1 aliphatic carbocycles. The molecule has 1 aromatic carbocycles. The van der Waals surface area contributed by atoms with Crippen LogP contribution >= 0.6 is 0 Å². The smallest absolute Gasteiger partial charge is 0.238 e. The number of ketones is 1. The van der Waals surface area contributed by atoms with Crippen LogP contribution in [0.5, 0.6) is 0 Å². The van der Waals surface area contributed by atoms with E-state index in [1.165, 1.54) is 12.1 Å². The molecule has 2 rings (SSSR count). The summed E-state index contributed by atoms with van der Waals surface area (Å²) in [6, 6.07) is 6.50. The molecule has 1 aliphatic rings. The predicted octanol–water partition coefficient (Wildman–Crippen LogP) is 0.713. The number of hydrogen-bond donors (Lipinski definition) is 2. The lowest BCUT2D eigenvalue weighted by molar-refractivity contribution is -0.114. The van der Waals surface area contributed by atoms with Crippen LogP contribution < -0.4 is 10.5 Å². The molecule has 0 radical (unpaired) electrons. The first-order valence-electron chi connectivity index (χ1n) is 6.04. The minimum absolute atomic E-state index is 0.119. The Morgan fingerprint density at radius 3 is 2.37 bits per heavy atom. The Morgan fingerprint density at radius 1 is 1.16 bits per heavy atom. The zero-order valence-electron chi connectivity index (χ0n) is 10.4. The lowest BCUT2D eigenvalue weighted by Gasteiger charge is -2.07. The number of nitrogens with one attached hydrogen (secondary N) is 1. The molecule has 0 unspecified atom stereocenters. The predicted molar refractivity (Wildman–Crippen MR) is 71.8 cm³/mol. The number of nitrogens with two attached hydrogens (primary N) is 1. The van der Waals surface area contributed by atoms with Crippen molar-refractivity contribution in [3.63, 3.8) is 0 Å². The Kier molecular flexibility index (Phi) is 4.01. The highest BCUT2D eigenvalue weighted by molar-refractivity contribution is 7.89. The summed E-state index contributed by atoms with van der Waals surface area (Å²) in [6.07, 6.45) is 3.77.